The fourth-order valence-electron chi connectivity index (χ4n) is 9.72. The molecule has 0 aromatic rings. The van der Waals surface area contributed by atoms with Gasteiger partial charge in [-0.15, -0.1) is 0 Å². The Morgan fingerprint density at radius 2 is 0.570 bits per heavy atom. The molecule has 0 aliphatic rings. The lowest BCUT2D eigenvalue weighted by atomic mass is 10.0. The minimum absolute atomic E-state index is 0.105. The lowest BCUT2D eigenvalue weighted by Gasteiger charge is -2.21. The van der Waals surface area contributed by atoms with Gasteiger partial charge in [0.05, 0.1) is 26.4 Å². The SMILES string of the molecule is CC/C=C\C/C=C\C/C=C\C/C=C\C/C=C\C/C=C\CCCCCCCCCCCCCCC(=O)OCC(O)COP(=O)(O)OCC(O)COP(=O)(O)OCC(COC(=O)CCCCCCC/C=C\C/C=C\CCCCC)OC(=O)CCCCCCCCCCCCC. The van der Waals surface area contributed by atoms with Crippen LogP contribution in [0.5, 0.6) is 0 Å². The molecule has 0 amide bonds. The second-order valence-electron chi connectivity index (χ2n) is 24.4. The molecule has 0 fully saturated rings. The normalized spacial score (nSPS) is 14.7. The smallest absolute Gasteiger partial charge is 0.463 e. The zero-order valence-electron chi connectivity index (χ0n) is 58.4. The van der Waals surface area contributed by atoms with Crippen LogP contribution in [0.2, 0.25) is 0 Å². The average Bonchev–Trinajstić information content (AvgIpc) is 2.38. The van der Waals surface area contributed by atoms with Crippen molar-refractivity contribution < 1.29 is 75.8 Å². The second kappa shape index (κ2) is 68.4. The van der Waals surface area contributed by atoms with Gasteiger partial charge in [0.25, 0.3) is 0 Å². The highest BCUT2D eigenvalue weighted by atomic mass is 31.2. The number of allylic oxidation sites excluding steroid dienone is 16. The fraction of sp³-hybridized carbons (Fsp3) is 0.747. The molecule has 0 heterocycles. The van der Waals surface area contributed by atoms with Crippen molar-refractivity contribution in [3.8, 4) is 0 Å². The van der Waals surface area contributed by atoms with Gasteiger partial charge in [-0.25, -0.2) is 9.13 Å². The topological polar surface area (TPSA) is 231 Å². The molecule has 18 heteroatoms. The Kier molecular flexibility index (Phi) is 65.8. The van der Waals surface area contributed by atoms with Gasteiger partial charge in [-0.3, -0.25) is 32.5 Å². The van der Waals surface area contributed by atoms with E-state index in [9.17, 15) is 43.5 Å². The van der Waals surface area contributed by atoms with Gasteiger partial charge >= 0.3 is 33.6 Å². The molecule has 0 spiro atoms. The predicted octanol–water partition coefficient (Wildman–Crippen LogP) is 20.6. The molecule has 0 aliphatic heterocycles. The van der Waals surface area contributed by atoms with Gasteiger partial charge in [0.15, 0.2) is 6.10 Å². The quantitative estimate of drug-likeness (QED) is 0.0146. The molecule has 538 valence electrons. The summed E-state index contributed by atoms with van der Waals surface area (Å²) in [5.74, 6) is -1.58. The van der Waals surface area contributed by atoms with Gasteiger partial charge in [0.1, 0.15) is 25.4 Å². The maximum atomic E-state index is 12.9. The van der Waals surface area contributed by atoms with Crippen molar-refractivity contribution in [1.29, 1.82) is 0 Å². The summed E-state index contributed by atoms with van der Waals surface area (Å²) in [5, 5.41) is 20.6. The van der Waals surface area contributed by atoms with Crippen molar-refractivity contribution in [2.45, 2.75) is 322 Å². The monoisotopic (exact) mass is 1350 g/mol. The Labute approximate surface area is 565 Å². The third-order valence-electron chi connectivity index (χ3n) is 15.3. The second-order valence-corrected chi connectivity index (χ2v) is 27.3. The lowest BCUT2D eigenvalue weighted by molar-refractivity contribution is -0.161. The van der Waals surface area contributed by atoms with Crippen molar-refractivity contribution in [3.05, 3.63) is 97.2 Å². The van der Waals surface area contributed by atoms with Gasteiger partial charge in [-0.2, -0.15) is 0 Å². The Bertz CT molecular complexity index is 2080. The number of unbranched alkanes of at least 4 members (excludes halogenated alkanes) is 30. The number of phosphoric acid groups is 2. The van der Waals surface area contributed by atoms with Crippen LogP contribution in [-0.2, 0) is 55.8 Å². The molecule has 0 aliphatic carbocycles. The first kappa shape index (κ1) is 89.5. The largest absolute Gasteiger partial charge is 0.472 e. The standard InChI is InChI=1S/C75H132O16P2/c1-4-7-10-13-16-19-22-24-26-27-28-29-30-31-32-33-34-35-36-37-38-39-40-41-43-45-47-49-52-55-58-61-73(78)85-64-70(76)65-87-92(81,82)88-66-71(77)67-89-93(83,84)90-69-72(91-75(80)63-60-57-54-51-46-21-18-15-12-9-6-3)68-86-74(79)62-59-56-53-50-48-44-42-25-23-20-17-14-11-8-5-2/h7,10,16-17,19-20,24-26,28-29,31-32,34-35,42,70-72,76-77H,4-6,8-9,11-15,18,21-23,27,30,33,36-41,43-69H2,1-3H3,(H,81,82)(H,83,84)/b10-7-,19-16-,20-17-,26-24-,29-28-,32-31-,35-34-,42-25-. The fourth-order valence-corrected chi connectivity index (χ4v) is 11.3. The number of phosphoric ester groups is 2. The minimum atomic E-state index is -4.92. The van der Waals surface area contributed by atoms with E-state index in [0.717, 1.165) is 135 Å². The average molecular weight is 1350 g/mol. The van der Waals surface area contributed by atoms with Crippen molar-refractivity contribution in [3.63, 3.8) is 0 Å². The Balaban J connectivity index is 4.38. The highest BCUT2D eigenvalue weighted by Crippen LogP contribution is 2.45. The summed E-state index contributed by atoms with van der Waals surface area (Å²) in [5.41, 5.74) is 0. The summed E-state index contributed by atoms with van der Waals surface area (Å²) in [6.45, 7) is 2.52. The van der Waals surface area contributed by atoms with Crippen LogP contribution >= 0.6 is 15.6 Å². The third kappa shape index (κ3) is 69.6. The highest BCUT2D eigenvalue weighted by Gasteiger charge is 2.29. The molecular formula is C75H132O16P2. The number of carbonyl (C=O) groups is 3. The van der Waals surface area contributed by atoms with Crippen LogP contribution in [0.25, 0.3) is 0 Å². The minimum Gasteiger partial charge on any atom is -0.463 e. The van der Waals surface area contributed by atoms with E-state index in [2.05, 4.69) is 118 Å². The molecule has 0 bridgehead atoms. The molecule has 0 radical (unpaired) electrons. The van der Waals surface area contributed by atoms with Gasteiger partial charge in [-0.05, 0) is 103 Å². The van der Waals surface area contributed by atoms with Gasteiger partial charge in [-0.1, -0.05) is 279 Å². The first-order valence-corrected chi connectivity index (χ1v) is 39.5. The van der Waals surface area contributed by atoms with Crippen LogP contribution in [0, 0.1) is 0 Å². The summed E-state index contributed by atoms with van der Waals surface area (Å²) < 4.78 is 60.9. The molecule has 0 aromatic carbocycles. The lowest BCUT2D eigenvalue weighted by Crippen LogP contribution is -2.30. The molecule has 5 atom stereocenters. The molecule has 0 rings (SSSR count). The summed E-state index contributed by atoms with van der Waals surface area (Å²) in [6, 6.07) is 0. The van der Waals surface area contributed by atoms with Crippen molar-refractivity contribution in [2.75, 3.05) is 39.6 Å². The number of rotatable bonds is 69. The Morgan fingerprint density at radius 3 is 0.925 bits per heavy atom. The van der Waals surface area contributed by atoms with Gasteiger partial charge in [0, 0.05) is 19.3 Å². The predicted molar refractivity (Wildman–Crippen MR) is 381 cm³/mol. The number of carbonyl (C=O) groups excluding carboxylic acids is 3. The maximum Gasteiger partial charge on any atom is 0.472 e. The first-order chi connectivity index (χ1) is 45.2. The molecule has 16 nitrogen and oxygen atoms in total. The van der Waals surface area contributed by atoms with Crippen LogP contribution < -0.4 is 0 Å². The summed E-state index contributed by atoms with van der Waals surface area (Å²) in [4.78, 5) is 58.3. The number of hydrogen-bond acceptors (Lipinski definition) is 14. The van der Waals surface area contributed by atoms with Crippen molar-refractivity contribution in [1.82, 2.24) is 0 Å². The molecule has 4 N–H and O–H groups in total. The molecule has 5 unspecified atom stereocenters. The van der Waals surface area contributed by atoms with E-state index in [0.29, 0.717) is 19.3 Å². The third-order valence-corrected chi connectivity index (χ3v) is 17.2. The Hall–Kier alpha value is -3.53. The van der Waals surface area contributed by atoms with Crippen LogP contribution in [0.4, 0.5) is 0 Å². The summed E-state index contributed by atoms with van der Waals surface area (Å²) in [6.07, 6.45) is 76.2. The number of ether oxygens (including phenoxy) is 3. The van der Waals surface area contributed by atoms with Gasteiger partial charge in [0.2, 0.25) is 0 Å². The zero-order chi connectivity index (χ0) is 68.1. The van der Waals surface area contributed by atoms with E-state index in [1.807, 2.05) is 0 Å². The van der Waals surface area contributed by atoms with Crippen LogP contribution in [0.3, 0.4) is 0 Å². The summed E-state index contributed by atoms with van der Waals surface area (Å²) >= 11 is 0. The van der Waals surface area contributed by atoms with Crippen molar-refractivity contribution >= 4 is 33.6 Å². The van der Waals surface area contributed by atoms with Crippen LogP contribution in [0.15, 0.2) is 97.2 Å². The van der Waals surface area contributed by atoms with E-state index >= 15 is 0 Å². The molecule has 0 saturated carbocycles. The number of hydrogen-bond donors (Lipinski definition) is 4. The Morgan fingerprint density at radius 1 is 0.312 bits per heavy atom. The molecule has 0 saturated heterocycles. The van der Waals surface area contributed by atoms with Crippen molar-refractivity contribution in [2.24, 2.45) is 0 Å². The van der Waals surface area contributed by atoms with Crippen LogP contribution in [0.1, 0.15) is 303 Å². The van der Waals surface area contributed by atoms with E-state index in [1.165, 1.54) is 109 Å². The molecular weight excluding hydrogens is 1220 g/mol. The first-order valence-electron chi connectivity index (χ1n) is 36.5. The number of aliphatic hydroxyl groups is 2. The van der Waals surface area contributed by atoms with Crippen LogP contribution in [-0.4, -0.2) is 95.9 Å². The van der Waals surface area contributed by atoms with E-state index in [1.54, 1.807) is 0 Å². The van der Waals surface area contributed by atoms with Gasteiger partial charge < -0.3 is 34.2 Å². The highest BCUT2D eigenvalue weighted by molar-refractivity contribution is 7.47. The zero-order valence-corrected chi connectivity index (χ0v) is 60.2. The van der Waals surface area contributed by atoms with E-state index < -0.39 is 91.5 Å². The molecule has 93 heavy (non-hydrogen) atoms. The molecule has 0 aromatic heterocycles. The maximum absolute atomic E-state index is 12.9. The number of aliphatic hydroxyl groups excluding tert-OH is 2. The number of esters is 3. The summed E-state index contributed by atoms with van der Waals surface area (Å²) in [7, 11) is -9.77. The van der Waals surface area contributed by atoms with E-state index in [-0.39, 0.29) is 19.3 Å². The van der Waals surface area contributed by atoms with E-state index in [4.69, 9.17) is 32.3 Å².